The number of hydrogen-bond acceptors (Lipinski definition) is 2. The maximum Gasteiger partial charge on any atom is 0.0554 e. The Morgan fingerprint density at radius 3 is 2.11 bits per heavy atom. The van der Waals surface area contributed by atoms with E-state index in [1.807, 2.05) is 11.3 Å². The summed E-state index contributed by atoms with van der Waals surface area (Å²) >= 11 is 1.87. The molecule has 0 aliphatic heterocycles. The normalized spacial score (nSPS) is 17.6. The third-order valence-electron chi connectivity index (χ3n) is 11.7. The van der Waals surface area contributed by atoms with Gasteiger partial charge in [0, 0.05) is 59.3 Å². The van der Waals surface area contributed by atoms with Gasteiger partial charge in [-0.3, -0.25) is 0 Å². The molecule has 0 fully saturated rings. The van der Waals surface area contributed by atoms with Crippen molar-refractivity contribution in [1.29, 1.82) is 0 Å². The van der Waals surface area contributed by atoms with Gasteiger partial charge >= 0.3 is 0 Å². The lowest BCUT2D eigenvalue weighted by molar-refractivity contribution is 0.503. The lowest BCUT2D eigenvalue weighted by Gasteiger charge is -2.41. The summed E-state index contributed by atoms with van der Waals surface area (Å²) in [6.07, 6.45) is 11.7. The molecule has 256 valence electrons. The van der Waals surface area contributed by atoms with Gasteiger partial charge in [0.2, 0.25) is 0 Å². The first-order valence-corrected chi connectivity index (χ1v) is 19.5. The van der Waals surface area contributed by atoms with E-state index in [1.54, 1.807) is 0 Å². The molecular formula is C51H36N2S. The van der Waals surface area contributed by atoms with Gasteiger partial charge in [0.25, 0.3) is 0 Å². The highest BCUT2D eigenvalue weighted by molar-refractivity contribution is 7.26. The first-order valence-electron chi connectivity index (χ1n) is 18.7. The van der Waals surface area contributed by atoms with Gasteiger partial charge in [0.1, 0.15) is 0 Å². The molecule has 2 heterocycles. The fraction of sp³-hybridized carbons (Fsp3) is 0.0588. The highest BCUT2D eigenvalue weighted by atomic mass is 32.1. The average Bonchev–Trinajstić information content (AvgIpc) is 3.77. The highest BCUT2D eigenvalue weighted by Crippen LogP contribution is 2.54. The van der Waals surface area contributed by atoms with Crippen molar-refractivity contribution in [3.63, 3.8) is 0 Å². The molecule has 0 spiro atoms. The summed E-state index contributed by atoms with van der Waals surface area (Å²) in [5, 5.41) is 5.12. The Morgan fingerprint density at radius 1 is 0.611 bits per heavy atom. The molecule has 0 N–H and O–H groups in total. The van der Waals surface area contributed by atoms with Crippen LogP contribution < -0.4 is 4.90 Å². The van der Waals surface area contributed by atoms with Crippen LogP contribution in [-0.2, 0) is 0 Å². The molecule has 0 bridgehead atoms. The lowest BCUT2D eigenvalue weighted by Crippen LogP contribution is -2.28. The molecule has 2 nitrogen and oxygen atoms in total. The van der Waals surface area contributed by atoms with Crippen molar-refractivity contribution in [3.8, 4) is 5.69 Å². The van der Waals surface area contributed by atoms with E-state index >= 15 is 0 Å². The zero-order chi connectivity index (χ0) is 35.8. The lowest BCUT2D eigenvalue weighted by atomic mass is 9.62. The van der Waals surface area contributed by atoms with Crippen molar-refractivity contribution in [1.82, 2.24) is 4.57 Å². The maximum absolute atomic E-state index is 2.47. The fourth-order valence-electron chi connectivity index (χ4n) is 9.17. The van der Waals surface area contributed by atoms with Gasteiger partial charge in [-0.1, -0.05) is 134 Å². The number of para-hydroxylation sites is 2. The van der Waals surface area contributed by atoms with E-state index in [-0.39, 0.29) is 11.3 Å². The molecule has 2 aliphatic carbocycles. The molecule has 54 heavy (non-hydrogen) atoms. The minimum atomic E-state index is -0.167. The molecule has 0 saturated carbocycles. The van der Waals surface area contributed by atoms with Crippen LogP contribution in [0.3, 0.4) is 0 Å². The third-order valence-corrected chi connectivity index (χ3v) is 12.8. The van der Waals surface area contributed by atoms with Gasteiger partial charge in [-0.05, 0) is 89.0 Å². The van der Waals surface area contributed by atoms with E-state index in [0.29, 0.717) is 0 Å². The molecule has 0 saturated heterocycles. The van der Waals surface area contributed by atoms with E-state index in [9.17, 15) is 0 Å². The number of allylic oxidation sites excluding steroid dienone is 5. The SMILES string of the molecule is CC12C=Cc3ccccc3C1=CC=CC2c1cccc(N(c2ccc(-n3c4ccccc4c4ccccc43)cc2)c2cccc3sc4ccccc4c23)c1. The second kappa shape index (κ2) is 12.1. The van der Waals surface area contributed by atoms with Crippen LogP contribution in [0.2, 0.25) is 0 Å². The minimum Gasteiger partial charge on any atom is -0.310 e. The van der Waals surface area contributed by atoms with Crippen molar-refractivity contribution in [3.05, 3.63) is 205 Å². The summed E-state index contributed by atoms with van der Waals surface area (Å²) in [4.78, 5) is 2.47. The van der Waals surface area contributed by atoms with Crippen LogP contribution >= 0.6 is 11.3 Å². The fourth-order valence-corrected chi connectivity index (χ4v) is 10.3. The van der Waals surface area contributed by atoms with Crippen LogP contribution in [0.4, 0.5) is 17.1 Å². The first kappa shape index (κ1) is 31.1. The number of anilines is 3. The van der Waals surface area contributed by atoms with Crippen molar-refractivity contribution in [2.45, 2.75) is 12.8 Å². The van der Waals surface area contributed by atoms with Gasteiger partial charge in [0.05, 0.1) is 16.7 Å². The summed E-state index contributed by atoms with van der Waals surface area (Å²) in [6.45, 7) is 2.40. The Labute approximate surface area is 318 Å². The van der Waals surface area contributed by atoms with Crippen LogP contribution in [0.15, 0.2) is 188 Å². The van der Waals surface area contributed by atoms with E-state index in [0.717, 1.165) is 17.1 Å². The summed E-state index contributed by atoms with van der Waals surface area (Å²) in [5.74, 6) is 0.180. The zero-order valence-corrected chi connectivity index (χ0v) is 30.7. The quantitative estimate of drug-likeness (QED) is 0.173. The Hall–Kier alpha value is -6.42. The predicted octanol–water partition coefficient (Wildman–Crippen LogP) is 14.4. The number of nitrogens with zero attached hydrogens (tertiary/aromatic N) is 2. The maximum atomic E-state index is 2.47. The van der Waals surface area contributed by atoms with Gasteiger partial charge in [0.15, 0.2) is 0 Å². The van der Waals surface area contributed by atoms with Crippen molar-refractivity contribution in [2.75, 3.05) is 4.90 Å². The van der Waals surface area contributed by atoms with Crippen LogP contribution in [0.5, 0.6) is 0 Å². The van der Waals surface area contributed by atoms with Crippen LogP contribution in [0.25, 0.3) is 59.3 Å². The summed E-state index contributed by atoms with van der Waals surface area (Å²) < 4.78 is 4.99. The largest absolute Gasteiger partial charge is 0.310 e. The molecule has 0 amide bonds. The van der Waals surface area contributed by atoms with E-state index in [2.05, 4.69) is 211 Å². The van der Waals surface area contributed by atoms with Crippen LogP contribution in [0.1, 0.15) is 29.5 Å². The van der Waals surface area contributed by atoms with Crippen molar-refractivity contribution < 1.29 is 0 Å². The molecule has 0 radical (unpaired) electrons. The Balaban J connectivity index is 1.08. The van der Waals surface area contributed by atoms with Gasteiger partial charge < -0.3 is 9.47 Å². The third kappa shape index (κ3) is 4.65. The highest BCUT2D eigenvalue weighted by Gasteiger charge is 2.39. The number of hydrogen-bond donors (Lipinski definition) is 0. The molecule has 2 aliphatic rings. The number of thiophene rings is 1. The van der Waals surface area contributed by atoms with Gasteiger partial charge in [-0.15, -0.1) is 11.3 Å². The van der Waals surface area contributed by atoms with E-state index < -0.39 is 0 Å². The molecule has 7 aromatic carbocycles. The monoisotopic (exact) mass is 708 g/mol. The second-order valence-electron chi connectivity index (χ2n) is 14.7. The number of rotatable bonds is 5. The second-order valence-corrected chi connectivity index (χ2v) is 15.8. The Kier molecular flexibility index (Phi) is 6.95. The van der Waals surface area contributed by atoms with Crippen LogP contribution in [0, 0.1) is 5.41 Å². The Bertz CT molecular complexity index is 2970. The van der Waals surface area contributed by atoms with Crippen molar-refractivity contribution in [2.24, 2.45) is 5.41 Å². The van der Waals surface area contributed by atoms with Crippen molar-refractivity contribution >= 4 is 82.0 Å². The predicted molar refractivity (Wildman–Crippen MR) is 232 cm³/mol. The molecule has 2 aromatic heterocycles. The minimum absolute atomic E-state index is 0.167. The zero-order valence-electron chi connectivity index (χ0n) is 29.9. The standard InChI is InChI=1S/C51H36N2S/c1-51-32-31-34-13-2-3-16-39(34)44(51)21-11-20-43(51)35-14-10-15-38(33-35)52(47-24-12-26-49-50(47)42-19-6-9-25-48(42)54-49)36-27-29-37(30-28-36)53-45-22-7-4-17-40(45)41-18-5-8-23-46(41)53/h2-33,43H,1H3. The molecule has 2 unspecified atom stereocenters. The van der Waals surface area contributed by atoms with E-state index in [4.69, 9.17) is 0 Å². The van der Waals surface area contributed by atoms with E-state index in [1.165, 1.54) is 69.9 Å². The number of benzene rings is 7. The molecule has 9 aromatic rings. The van der Waals surface area contributed by atoms with Gasteiger partial charge in [-0.2, -0.15) is 0 Å². The molecule has 2 atom stereocenters. The summed E-state index contributed by atoms with van der Waals surface area (Å²) in [6, 6.07) is 60.2. The molecular weight excluding hydrogens is 673 g/mol. The van der Waals surface area contributed by atoms with Crippen LogP contribution in [-0.4, -0.2) is 4.57 Å². The number of aromatic nitrogens is 1. The smallest absolute Gasteiger partial charge is 0.0554 e. The summed E-state index contributed by atoms with van der Waals surface area (Å²) in [7, 11) is 0. The first-order chi connectivity index (χ1) is 26.7. The molecule has 11 rings (SSSR count). The molecule has 3 heteroatoms. The summed E-state index contributed by atoms with van der Waals surface area (Å²) in [5.41, 5.74) is 12.2. The van der Waals surface area contributed by atoms with Gasteiger partial charge in [-0.25, -0.2) is 0 Å². The number of fused-ring (bicyclic) bond motifs is 9. The average molecular weight is 709 g/mol. The topological polar surface area (TPSA) is 8.17 Å². The Morgan fingerprint density at radius 2 is 1.30 bits per heavy atom.